The predicted octanol–water partition coefficient (Wildman–Crippen LogP) is 1.06. The molecule has 1 aromatic carbocycles. The summed E-state index contributed by atoms with van der Waals surface area (Å²) in [6.45, 7) is 5.17. The number of carbonyl (C=O) groups excluding carboxylic acids is 1. The molecular weight excluding hydrogens is 497 g/mol. The number of benzene rings is 1. The minimum atomic E-state index is -3.43. The molecule has 28 heavy (non-hydrogen) atoms. The van der Waals surface area contributed by atoms with Crippen LogP contribution in [0.1, 0.15) is 12.5 Å². The fourth-order valence-corrected chi connectivity index (χ4v) is 3.46. The number of hydrogen-bond donors (Lipinski definition) is 2. The average Bonchev–Trinajstić information content (AvgIpc) is 2.69. The Morgan fingerprint density at radius 3 is 2.21 bits per heavy atom. The van der Waals surface area contributed by atoms with E-state index in [1.54, 1.807) is 43.1 Å². The molecule has 1 aromatic rings. The highest BCUT2D eigenvalue weighted by atomic mass is 127. The summed E-state index contributed by atoms with van der Waals surface area (Å²) in [4.78, 5) is 20.1. The van der Waals surface area contributed by atoms with Crippen molar-refractivity contribution in [2.45, 2.75) is 18.4 Å². The number of halogens is 1. The van der Waals surface area contributed by atoms with Gasteiger partial charge in [-0.2, -0.15) is 0 Å². The fraction of sp³-hybridized carbons (Fsp3) is 0.529. The van der Waals surface area contributed by atoms with Crippen molar-refractivity contribution in [2.24, 2.45) is 4.99 Å². The molecule has 2 rings (SSSR count). The van der Waals surface area contributed by atoms with Crippen LogP contribution in [0.5, 0.6) is 0 Å². The number of nitrogens with zero attached hydrogens (tertiary/aromatic N) is 3. The quantitative estimate of drug-likeness (QED) is 0.339. The lowest BCUT2D eigenvalue weighted by molar-refractivity contribution is 0.0914. The van der Waals surface area contributed by atoms with Gasteiger partial charge in [0.15, 0.2) is 5.96 Å². The Labute approximate surface area is 183 Å². The van der Waals surface area contributed by atoms with Gasteiger partial charge in [-0.1, -0.05) is 12.1 Å². The van der Waals surface area contributed by atoms with Crippen LogP contribution in [0.25, 0.3) is 0 Å². The van der Waals surface area contributed by atoms with E-state index in [9.17, 15) is 13.2 Å². The van der Waals surface area contributed by atoms with Crippen molar-refractivity contribution in [1.29, 1.82) is 0 Å². The second kappa shape index (κ2) is 11.4. The molecule has 0 aromatic heterocycles. The Balaban J connectivity index is 0.00000392. The zero-order chi connectivity index (χ0) is 19.9. The van der Waals surface area contributed by atoms with Gasteiger partial charge in [-0.25, -0.2) is 17.9 Å². The molecule has 0 radical (unpaired) electrons. The van der Waals surface area contributed by atoms with E-state index in [1.807, 2.05) is 0 Å². The number of aliphatic imine (C=N–C) groups is 1. The molecule has 0 aliphatic carbocycles. The largest absolute Gasteiger partial charge is 0.450 e. The van der Waals surface area contributed by atoms with Gasteiger partial charge in [-0.15, -0.1) is 24.0 Å². The molecule has 0 unspecified atom stereocenters. The van der Waals surface area contributed by atoms with E-state index in [0.717, 1.165) is 11.5 Å². The lowest BCUT2D eigenvalue weighted by Gasteiger charge is -2.35. The Morgan fingerprint density at radius 2 is 1.71 bits per heavy atom. The number of piperazine rings is 1. The van der Waals surface area contributed by atoms with Gasteiger partial charge in [-0.3, -0.25) is 4.99 Å². The zero-order valence-corrected chi connectivity index (χ0v) is 19.5. The summed E-state index contributed by atoms with van der Waals surface area (Å²) in [7, 11) is -0.333. The molecule has 0 saturated carbocycles. The van der Waals surface area contributed by atoms with Crippen LogP contribution in [0.3, 0.4) is 0 Å². The van der Waals surface area contributed by atoms with Crippen LogP contribution >= 0.6 is 24.0 Å². The molecule has 11 heteroatoms. The van der Waals surface area contributed by atoms with Crippen molar-refractivity contribution >= 4 is 46.1 Å². The number of nitrogens with one attached hydrogen (secondary N) is 2. The molecule has 1 aliphatic rings. The van der Waals surface area contributed by atoms with Crippen molar-refractivity contribution in [3.8, 4) is 0 Å². The van der Waals surface area contributed by atoms with E-state index in [1.165, 1.54) is 7.05 Å². The number of hydrogen-bond acceptors (Lipinski definition) is 5. The summed E-state index contributed by atoms with van der Waals surface area (Å²) in [5.41, 5.74) is 0.941. The molecule has 158 valence electrons. The zero-order valence-electron chi connectivity index (χ0n) is 16.3. The number of rotatable bonds is 5. The number of guanidine groups is 1. The summed E-state index contributed by atoms with van der Waals surface area (Å²) in [6.07, 6.45) is -0.281. The standard InChI is InChI=1S/C17H27N5O4S.HI/c1-4-26-17(23)22-11-9-21(10-12-22)16(18-2)20-13-14-5-7-15(8-6-14)27(24,25)19-3;/h5-8,19H,4,9-13H2,1-3H3,(H,18,20);1H. The first-order chi connectivity index (χ1) is 12.9. The first kappa shape index (κ1) is 24.4. The second-order valence-electron chi connectivity index (χ2n) is 5.93. The van der Waals surface area contributed by atoms with Crippen LogP contribution in [0, 0.1) is 0 Å². The molecule has 1 heterocycles. The summed E-state index contributed by atoms with van der Waals surface area (Å²) in [5.74, 6) is 0.741. The number of amides is 1. The molecule has 1 fully saturated rings. The average molecular weight is 525 g/mol. The van der Waals surface area contributed by atoms with Crippen LogP contribution in [-0.2, 0) is 21.3 Å². The van der Waals surface area contributed by atoms with E-state index in [2.05, 4.69) is 19.9 Å². The Kier molecular flexibility index (Phi) is 9.96. The highest BCUT2D eigenvalue weighted by molar-refractivity contribution is 14.0. The number of ether oxygens (including phenoxy) is 1. The lowest BCUT2D eigenvalue weighted by atomic mass is 10.2. The van der Waals surface area contributed by atoms with Crippen LogP contribution in [0.2, 0.25) is 0 Å². The van der Waals surface area contributed by atoms with E-state index < -0.39 is 10.0 Å². The highest BCUT2D eigenvalue weighted by Gasteiger charge is 2.23. The SMILES string of the molecule is CCOC(=O)N1CCN(C(=NC)NCc2ccc(S(=O)(=O)NC)cc2)CC1.I. The third-order valence-corrected chi connectivity index (χ3v) is 5.70. The second-order valence-corrected chi connectivity index (χ2v) is 7.81. The third kappa shape index (κ3) is 6.48. The van der Waals surface area contributed by atoms with Crippen LogP contribution in [-0.4, -0.2) is 77.2 Å². The van der Waals surface area contributed by atoms with E-state index in [0.29, 0.717) is 39.3 Å². The Bertz CT molecular complexity index is 762. The Hall–Kier alpha value is -1.60. The molecule has 1 aliphatic heterocycles. The molecule has 0 bridgehead atoms. The first-order valence-electron chi connectivity index (χ1n) is 8.81. The summed E-state index contributed by atoms with van der Waals surface area (Å²) >= 11 is 0. The maximum absolute atomic E-state index is 11.8. The minimum Gasteiger partial charge on any atom is -0.450 e. The van der Waals surface area contributed by atoms with Crippen molar-refractivity contribution < 1.29 is 17.9 Å². The predicted molar refractivity (Wildman–Crippen MR) is 118 cm³/mol. The Morgan fingerprint density at radius 1 is 1.14 bits per heavy atom. The number of carbonyl (C=O) groups is 1. The van der Waals surface area contributed by atoms with Crippen LogP contribution < -0.4 is 10.0 Å². The van der Waals surface area contributed by atoms with E-state index >= 15 is 0 Å². The van der Waals surface area contributed by atoms with Crippen molar-refractivity contribution in [3.63, 3.8) is 0 Å². The molecule has 1 saturated heterocycles. The lowest BCUT2D eigenvalue weighted by Crippen LogP contribution is -2.53. The molecule has 0 atom stereocenters. The molecule has 0 spiro atoms. The fourth-order valence-electron chi connectivity index (χ4n) is 2.73. The summed E-state index contributed by atoms with van der Waals surface area (Å²) < 4.78 is 30.8. The van der Waals surface area contributed by atoms with Crippen molar-refractivity contribution in [3.05, 3.63) is 29.8 Å². The van der Waals surface area contributed by atoms with Crippen molar-refractivity contribution in [2.75, 3.05) is 46.9 Å². The first-order valence-corrected chi connectivity index (χ1v) is 10.3. The van der Waals surface area contributed by atoms with Gasteiger partial charge in [0.25, 0.3) is 0 Å². The van der Waals surface area contributed by atoms with Gasteiger partial charge in [0, 0.05) is 39.8 Å². The maximum Gasteiger partial charge on any atom is 0.409 e. The van der Waals surface area contributed by atoms with Crippen LogP contribution in [0.4, 0.5) is 4.79 Å². The van der Waals surface area contributed by atoms with Crippen LogP contribution in [0.15, 0.2) is 34.2 Å². The summed E-state index contributed by atoms with van der Waals surface area (Å²) in [5, 5.41) is 3.27. The van der Waals surface area contributed by atoms with Gasteiger partial charge in [0.2, 0.25) is 10.0 Å². The molecule has 9 nitrogen and oxygen atoms in total. The molecule has 1 amide bonds. The van der Waals surface area contributed by atoms with Gasteiger partial charge in [-0.05, 0) is 31.7 Å². The maximum atomic E-state index is 11.8. The van der Waals surface area contributed by atoms with E-state index in [4.69, 9.17) is 4.74 Å². The third-order valence-electron chi connectivity index (χ3n) is 4.27. The molecule has 2 N–H and O–H groups in total. The van der Waals surface area contributed by atoms with Gasteiger partial charge >= 0.3 is 6.09 Å². The smallest absolute Gasteiger partial charge is 0.409 e. The summed E-state index contributed by atoms with van der Waals surface area (Å²) in [6, 6.07) is 6.68. The normalized spacial score (nSPS) is 15.0. The van der Waals surface area contributed by atoms with Gasteiger partial charge in [0.05, 0.1) is 11.5 Å². The molecular formula is C17H28IN5O4S. The van der Waals surface area contributed by atoms with E-state index in [-0.39, 0.29) is 35.0 Å². The minimum absolute atomic E-state index is 0. The van der Waals surface area contributed by atoms with Gasteiger partial charge in [0.1, 0.15) is 0 Å². The highest BCUT2D eigenvalue weighted by Crippen LogP contribution is 2.10. The topological polar surface area (TPSA) is 103 Å². The number of sulfonamides is 1. The van der Waals surface area contributed by atoms with Gasteiger partial charge < -0.3 is 19.9 Å². The van der Waals surface area contributed by atoms with Crippen molar-refractivity contribution in [1.82, 2.24) is 19.8 Å². The monoisotopic (exact) mass is 525 g/mol.